The molecular weight excluding hydrogens is 1200 g/mol. The monoisotopic (exact) mass is 1280 g/mol. The molecule has 2 unspecified atom stereocenters. The van der Waals surface area contributed by atoms with Crippen LogP contribution in [0.4, 0.5) is 43.9 Å². The van der Waals surface area contributed by atoms with Crippen molar-refractivity contribution in [2.24, 2.45) is 0 Å². The number of halogens is 10. The van der Waals surface area contributed by atoms with Gasteiger partial charge in [0.1, 0.15) is 23.0 Å². The second-order valence-electron chi connectivity index (χ2n) is 20.7. The molecule has 4 atom stereocenters. The van der Waals surface area contributed by atoms with Crippen LogP contribution in [0, 0.1) is 0 Å². The summed E-state index contributed by atoms with van der Waals surface area (Å²) < 4.78 is 169. The molecule has 0 radical (unpaired) electrons. The maximum atomic E-state index is 12.9. The fourth-order valence-electron chi connectivity index (χ4n) is 9.78. The number of aromatic hydroxyl groups is 2. The van der Waals surface area contributed by atoms with E-state index < -0.39 is 37.0 Å². The van der Waals surface area contributed by atoms with Crippen molar-refractivity contribution in [2.75, 3.05) is 115 Å². The van der Waals surface area contributed by atoms with Crippen molar-refractivity contribution in [1.29, 1.82) is 0 Å². The molecule has 0 spiro atoms. The third-order valence-electron chi connectivity index (χ3n) is 14.5. The van der Waals surface area contributed by atoms with Crippen LogP contribution < -0.4 is 9.47 Å². The van der Waals surface area contributed by atoms with Crippen molar-refractivity contribution in [1.82, 2.24) is 0 Å². The number of benzene rings is 4. The summed E-state index contributed by atoms with van der Waals surface area (Å²) in [5, 5.41) is 19.7. The first kappa shape index (κ1) is 71.3. The molecule has 0 saturated carbocycles. The smallest absolute Gasteiger partial charge is 0.453 e. The maximum Gasteiger partial charge on any atom is 0.453 e. The first-order valence-electron chi connectivity index (χ1n) is 27.7. The quantitative estimate of drug-likeness (QED) is 0.0256. The first-order valence-corrected chi connectivity index (χ1v) is 32.0. The van der Waals surface area contributed by atoms with E-state index in [0.717, 1.165) is 59.1 Å². The van der Waals surface area contributed by atoms with Crippen molar-refractivity contribution in [3.05, 3.63) is 107 Å². The second kappa shape index (κ2) is 34.9. The lowest BCUT2D eigenvalue weighted by Gasteiger charge is -2.43. The molecule has 6 rings (SSSR count). The van der Waals surface area contributed by atoms with Crippen molar-refractivity contribution in [3.8, 4) is 23.0 Å². The molecule has 10 nitrogen and oxygen atoms in total. The summed E-state index contributed by atoms with van der Waals surface area (Å²) in [5.74, 6) is -3.60. The van der Waals surface area contributed by atoms with Crippen LogP contribution in [0.1, 0.15) is 99.3 Å². The van der Waals surface area contributed by atoms with E-state index in [-0.39, 0.29) is 72.1 Å². The molecular formula is C60H78F10O10S4. The number of thioether (sulfide) groups is 4. The summed E-state index contributed by atoms with van der Waals surface area (Å²) in [4.78, 5) is 2.28. The van der Waals surface area contributed by atoms with E-state index in [9.17, 15) is 54.1 Å². The summed E-state index contributed by atoms with van der Waals surface area (Å²) in [6, 6.07) is 27.3. The van der Waals surface area contributed by atoms with E-state index in [1.54, 1.807) is 44.2 Å². The maximum absolute atomic E-state index is 12.9. The molecule has 0 amide bonds. The zero-order chi connectivity index (χ0) is 61.3. The van der Waals surface area contributed by atoms with Gasteiger partial charge in [0.15, 0.2) is 13.6 Å². The Morgan fingerprint density at radius 1 is 0.476 bits per heavy atom. The summed E-state index contributed by atoms with van der Waals surface area (Å²) in [6.45, 7) is 8.38. The molecule has 0 aromatic heterocycles. The lowest BCUT2D eigenvalue weighted by molar-refractivity contribution is -0.284. The molecule has 0 fully saturated rings. The van der Waals surface area contributed by atoms with Crippen LogP contribution in [0.25, 0.3) is 0 Å². The van der Waals surface area contributed by atoms with Gasteiger partial charge in [0.05, 0.1) is 39.6 Å². The van der Waals surface area contributed by atoms with Gasteiger partial charge in [-0.3, -0.25) is 0 Å². The van der Waals surface area contributed by atoms with Gasteiger partial charge in [-0.1, -0.05) is 50.2 Å². The van der Waals surface area contributed by atoms with Gasteiger partial charge in [0, 0.05) is 83.9 Å². The van der Waals surface area contributed by atoms with Gasteiger partial charge in [-0.2, -0.15) is 67.4 Å². The zero-order valence-corrected chi connectivity index (χ0v) is 51.0. The average Bonchev–Trinajstić information content (AvgIpc) is 1.56. The number of hydrogen-bond donors (Lipinski definition) is 2. The van der Waals surface area contributed by atoms with E-state index in [4.69, 9.17) is 37.9 Å². The highest BCUT2D eigenvalue weighted by Gasteiger charge is 2.57. The number of phenolic OH excluding ortho intramolecular Hbond substituents is 2. The SMILES string of the molecule is COCOc1ccc(C2(C)CSc3cc(OCOC)ccc3C2CCCOCCOCCSCCCC(F)(F)C(F)(F)F)cc1.C[C@]1(c2ccc(O)cc2)CSc2cc(O)ccc2[C@H]1CCCOCCOCCSCCCC(F)(F)C(F)(F)F. The van der Waals surface area contributed by atoms with Gasteiger partial charge in [-0.15, -0.1) is 23.5 Å². The molecule has 4 aromatic carbocycles. The Balaban J connectivity index is 0.000000310. The van der Waals surface area contributed by atoms with Crippen LogP contribution in [0.5, 0.6) is 23.0 Å². The molecule has 2 N–H and O–H groups in total. The predicted molar refractivity (Wildman–Crippen MR) is 313 cm³/mol. The fraction of sp³-hybridized carbons (Fsp3) is 0.600. The van der Waals surface area contributed by atoms with Crippen molar-refractivity contribution in [3.63, 3.8) is 0 Å². The topological polar surface area (TPSA) is 114 Å². The second-order valence-corrected chi connectivity index (χ2v) is 25.2. The lowest BCUT2D eigenvalue weighted by atomic mass is 9.68. The van der Waals surface area contributed by atoms with Crippen LogP contribution in [0.15, 0.2) is 94.7 Å². The Bertz CT molecular complexity index is 2520. The van der Waals surface area contributed by atoms with Crippen LogP contribution in [0.2, 0.25) is 0 Å². The highest BCUT2D eigenvalue weighted by atomic mass is 32.2. The largest absolute Gasteiger partial charge is 0.508 e. The molecule has 0 saturated heterocycles. The van der Waals surface area contributed by atoms with Crippen LogP contribution in [0.3, 0.4) is 0 Å². The highest BCUT2D eigenvalue weighted by Crippen LogP contribution is 2.54. The molecule has 0 aliphatic carbocycles. The minimum atomic E-state index is -5.49. The standard InChI is InChI=1S/C32H43F5O6S2.C28H35F5O4S2/c1-30(24-7-9-25(10-8-24)42-22-38-2)21-45-29-20-26(43-23-39-3)11-12-27(29)28(30)6-4-14-40-15-16-41-17-19-44-18-5-13-31(33,34)32(35,36)37;1-26(20-5-7-21(34)8-6-20)19-39-25-18-22(35)9-10-23(25)24(26)4-2-12-36-13-14-37-15-17-38-16-3-11-27(29,30)28(31,32)33/h7-12,20,28H,4-6,13-19,21-23H2,1-3H3;5-10,18,24,34-35H,2-4,11-17,19H2,1H3/t;24-,26-/m.1/s1. The zero-order valence-electron chi connectivity index (χ0n) is 47.8. The van der Waals surface area contributed by atoms with Crippen LogP contribution >= 0.6 is 47.0 Å². The number of hydrogen-bond acceptors (Lipinski definition) is 14. The molecule has 2 aliphatic rings. The molecule has 4 aromatic rings. The van der Waals surface area contributed by atoms with Gasteiger partial charge in [0.2, 0.25) is 0 Å². The molecule has 84 heavy (non-hydrogen) atoms. The Morgan fingerprint density at radius 3 is 1.32 bits per heavy atom. The number of fused-ring (bicyclic) bond motifs is 2. The fourth-order valence-corrected chi connectivity index (χ4v) is 14.2. The number of rotatable bonds is 36. The Morgan fingerprint density at radius 2 is 0.869 bits per heavy atom. The van der Waals surface area contributed by atoms with E-state index in [1.165, 1.54) is 45.1 Å². The Kier molecular flexibility index (Phi) is 29.6. The molecule has 2 heterocycles. The molecule has 24 heteroatoms. The van der Waals surface area contributed by atoms with E-state index in [0.29, 0.717) is 64.4 Å². The summed E-state index contributed by atoms with van der Waals surface area (Å²) >= 11 is 6.13. The predicted octanol–water partition coefficient (Wildman–Crippen LogP) is 16.1. The Labute approximate surface area is 503 Å². The van der Waals surface area contributed by atoms with Crippen molar-refractivity contribution in [2.45, 2.75) is 122 Å². The minimum Gasteiger partial charge on any atom is -0.508 e. The number of alkyl halides is 10. The highest BCUT2D eigenvalue weighted by molar-refractivity contribution is 8.00. The van der Waals surface area contributed by atoms with Crippen LogP contribution in [-0.4, -0.2) is 150 Å². The molecule has 472 valence electrons. The van der Waals surface area contributed by atoms with E-state index in [1.807, 2.05) is 54.2 Å². The third kappa shape index (κ3) is 22.0. The summed E-state index contributed by atoms with van der Waals surface area (Å²) in [7, 11) is 3.18. The van der Waals surface area contributed by atoms with Gasteiger partial charge in [-0.05, 0) is 133 Å². The molecule has 0 bridgehead atoms. The van der Waals surface area contributed by atoms with Crippen LogP contribution in [-0.2, 0) is 39.3 Å². The molecule has 2 aliphatic heterocycles. The number of ether oxygens (including phenoxy) is 8. The number of methoxy groups -OCH3 is 2. The van der Waals surface area contributed by atoms with Crippen molar-refractivity contribution >= 4 is 47.0 Å². The first-order chi connectivity index (χ1) is 40.0. The minimum absolute atomic E-state index is 0.129. The van der Waals surface area contributed by atoms with Gasteiger partial charge in [0.25, 0.3) is 0 Å². The van der Waals surface area contributed by atoms with E-state index in [2.05, 4.69) is 38.1 Å². The lowest BCUT2D eigenvalue weighted by Crippen LogP contribution is -2.36. The average molecular weight is 1280 g/mol. The summed E-state index contributed by atoms with van der Waals surface area (Å²) in [5.41, 5.74) is 4.57. The van der Waals surface area contributed by atoms with Crippen molar-refractivity contribution < 1.29 is 92.0 Å². The van der Waals surface area contributed by atoms with Gasteiger partial charge >= 0.3 is 24.2 Å². The van der Waals surface area contributed by atoms with Gasteiger partial charge < -0.3 is 48.1 Å². The normalized spacial score (nSPS) is 19.1. The third-order valence-corrected chi connectivity index (χ3v) is 19.4. The van der Waals surface area contributed by atoms with E-state index >= 15 is 0 Å². The number of phenols is 2. The summed E-state index contributed by atoms with van der Waals surface area (Å²) in [6.07, 6.45) is -10.3. The van der Waals surface area contributed by atoms with Gasteiger partial charge in [-0.25, -0.2) is 0 Å². The Hall–Kier alpha value is -3.46.